The standard InChI is InChI=1S/C11H19N3O3/c12-8(11(16)17)4-1-2-6-14-10(15)9-5-3-7-13-9/h7-9H,1-6,12H2,(H,14,15)(H,16,17)/t8?,9-/m0/s1. The van der Waals surface area contributed by atoms with E-state index in [2.05, 4.69) is 10.3 Å². The number of aliphatic imine (C=N–C) groups is 1. The topological polar surface area (TPSA) is 105 Å². The third-order valence-electron chi connectivity index (χ3n) is 2.72. The fraction of sp³-hybridized carbons (Fsp3) is 0.727. The van der Waals surface area contributed by atoms with Gasteiger partial charge in [0.2, 0.25) is 5.91 Å². The molecule has 0 aromatic heterocycles. The summed E-state index contributed by atoms with van der Waals surface area (Å²) in [7, 11) is 0. The highest BCUT2D eigenvalue weighted by Crippen LogP contribution is 2.07. The van der Waals surface area contributed by atoms with Crippen LogP contribution in [0.2, 0.25) is 0 Å². The van der Waals surface area contributed by atoms with E-state index in [1.807, 2.05) is 0 Å². The first-order chi connectivity index (χ1) is 8.11. The maximum atomic E-state index is 11.5. The number of nitrogens with two attached hydrogens (primary N) is 1. The van der Waals surface area contributed by atoms with E-state index in [9.17, 15) is 9.59 Å². The summed E-state index contributed by atoms with van der Waals surface area (Å²) in [6.45, 7) is 0.553. The zero-order valence-corrected chi connectivity index (χ0v) is 9.76. The molecule has 0 bridgehead atoms. The van der Waals surface area contributed by atoms with Crippen molar-refractivity contribution in [3.05, 3.63) is 0 Å². The molecule has 4 N–H and O–H groups in total. The van der Waals surface area contributed by atoms with Crippen molar-refractivity contribution in [3.8, 4) is 0 Å². The number of nitrogens with one attached hydrogen (secondary N) is 1. The second kappa shape index (κ2) is 7.01. The molecule has 0 aromatic rings. The zero-order chi connectivity index (χ0) is 12.7. The molecule has 0 radical (unpaired) electrons. The molecular weight excluding hydrogens is 222 g/mol. The van der Waals surface area contributed by atoms with Gasteiger partial charge in [0.15, 0.2) is 0 Å². The molecule has 0 fully saturated rings. The summed E-state index contributed by atoms with van der Waals surface area (Å²) in [6.07, 6.45) is 5.30. The van der Waals surface area contributed by atoms with Crippen molar-refractivity contribution in [2.24, 2.45) is 10.7 Å². The van der Waals surface area contributed by atoms with Gasteiger partial charge in [-0.25, -0.2) is 0 Å². The highest BCUT2D eigenvalue weighted by atomic mass is 16.4. The molecule has 0 saturated heterocycles. The van der Waals surface area contributed by atoms with Gasteiger partial charge in [-0.1, -0.05) is 0 Å². The van der Waals surface area contributed by atoms with Gasteiger partial charge in [-0.15, -0.1) is 0 Å². The Bertz CT molecular complexity index is 304. The second-order valence-corrected chi connectivity index (χ2v) is 4.16. The Kier molecular flexibility index (Phi) is 5.62. The molecule has 1 rings (SSSR count). The van der Waals surface area contributed by atoms with Crippen LogP contribution in [0.4, 0.5) is 0 Å². The molecule has 96 valence electrons. The number of carbonyl (C=O) groups is 2. The molecule has 1 amide bonds. The molecular formula is C11H19N3O3. The second-order valence-electron chi connectivity index (χ2n) is 4.16. The SMILES string of the molecule is NC(CCCCNC(=O)[C@@H]1CCC=N1)C(=O)O. The normalized spacial score (nSPS) is 20.2. The number of carbonyl (C=O) groups excluding carboxylic acids is 1. The number of aliphatic carboxylic acids is 1. The smallest absolute Gasteiger partial charge is 0.320 e. The number of hydrogen-bond acceptors (Lipinski definition) is 4. The first-order valence-electron chi connectivity index (χ1n) is 5.89. The first kappa shape index (κ1) is 13.6. The Morgan fingerprint density at radius 2 is 2.29 bits per heavy atom. The lowest BCUT2D eigenvalue weighted by Gasteiger charge is -2.09. The lowest BCUT2D eigenvalue weighted by atomic mass is 10.1. The number of unbranched alkanes of at least 4 members (excludes halogenated alkanes) is 1. The maximum Gasteiger partial charge on any atom is 0.320 e. The van der Waals surface area contributed by atoms with Crippen LogP contribution < -0.4 is 11.1 Å². The summed E-state index contributed by atoms with van der Waals surface area (Å²) in [5.74, 6) is -1.02. The molecule has 0 saturated carbocycles. The third-order valence-corrected chi connectivity index (χ3v) is 2.72. The number of nitrogens with zero attached hydrogens (tertiary/aromatic N) is 1. The molecule has 17 heavy (non-hydrogen) atoms. The third kappa shape index (κ3) is 4.95. The van der Waals surface area contributed by atoms with E-state index in [0.29, 0.717) is 19.4 Å². The summed E-state index contributed by atoms with van der Waals surface area (Å²) in [4.78, 5) is 26.0. The highest BCUT2D eigenvalue weighted by molar-refractivity contribution is 5.85. The minimum Gasteiger partial charge on any atom is -0.480 e. The number of amides is 1. The predicted molar refractivity (Wildman–Crippen MR) is 64.0 cm³/mol. The lowest BCUT2D eigenvalue weighted by molar-refractivity contribution is -0.138. The van der Waals surface area contributed by atoms with Gasteiger partial charge in [0.05, 0.1) is 0 Å². The van der Waals surface area contributed by atoms with Crippen LogP contribution in [0.1, 0.15) is 32.1 Å². The Balaban J connectivity index is 2.02. The Morgan fingerprint density at radius 1 is 1.53 bits per heavy atom. The van der Waals surface area contributed by atoms with Crippen LogP contribution in [0.5, 0.6) is 0 Å². The molecule has 0 spiro atoms. The van der Waals surface area contributed by atoms with Gasteiger partial charge in [-0.05, 0) is 38.3 Å². The minimum atomic E-state index is -0.977. The summed E-state index contributed by atoms with van der Waals surface area (Å²) in [5.41, 5.74) is 5.35. The molecule has 1 aliphatic rings. The van der Waals surface area contributed by atoms with Gasteiger partial charge in [-0.2, -0.15) is 0 Å². The lowest BCUT2D eigenvalue weighted by Crippen LogP contribution is -2.33. The van der Waals surface area contributed by atoms with Gasteiger partial charge in [0, 0.05) is 6.54 Å². The summed E-state index contributed by atoms with van der Waals surface area (Å²) in [6, 6.07) is -1.03. The van der Waals surface area contributed by atoms with Crippen LogP contribution in [-0.4, -0.2) is 41.8 Å². The van der Waals surface area contributed by atoms with Crippen molar-refractivity contribution >= 4 is 18.1 Å². The average molecular weight is 241 g/mol. The quantitative estimate of drug-likeness (QED) is 0.542. The number of rotatable bonds is 7. The molecule has 1 aliphatic heterocycles. The van der Waals surface area contributed by atoms with Crippen LogP contribution in [0, 0.1) is 0 Å². The Morgan fingerprint density at radius 3 is 2.88 bits per heavy atom. The van der Waals surface area contributed by atoms with Gasteiger partial charge >= 0.3 is 5.97 Å². The average Bonchev–Trinajstić information content (AvgIpc) is 2.81. The van der Waals surface area contributed by atoms with E-state index in [4.69, 9.17) is 10.8 Å². The maximum absolute atomic E-state index is 11.5. The summed E-state index contributed by atoms with van der Waals surface area (Å²) >= 11 is 0. The fourth-order valence-corrected chi connectivity index (χ4v) is 1.65. The van der Waals surface area contributed by atoms with Crippen molar-refractivity contribution in [2.75, 3.05) is 6.54 Å². The summed E-state index contributed by atoms with van der Waals surface area (Å²) in [5, 5.41) is 11.3. The molecule has 6 heteroatoms. The van der Waals surface area contributed by atoms with Gasteiger partial charge < -0.3 is 16.2 Å². The minimum absolute atomic E-state index is 0.0405. The van der Waals surface area contributed by atoms with Gasteiger partial charge in [0.1, 0.15) is 12.1 Å². The van der Waals surface area contributed by atoms with Crippen molar-refractivity contribution < 1.29 is 14.7 Å². The number of carboxylic acid groups (broad SMARTS) is 1. The van der Waals surface area contributed by atoms with Crippen molar-refractivity contribution in [1.82, 2.24) is 5.32 Å². The number of hydrogen-bond donors (Lipinski definition) is 3. The zero-order valence-electron chi connectivity index (χ0n) is 9.76. The summed E-state index contributed by atoms with van der Waals surface area (Å²) < 4.78 is 0. The van der Waals surface area contributed by atoms with E-state index in [1.165, 1.54) is 0 Å². The first-order valence-corrected chi connectivity index (χ1v) is 5.89. The molecule has 0 aromatic carbocycles. The largest absolute Gasteiger partial charge is 0.480 e. The molecule has 1 heterocycles. The van der Waals surface area contributed by atoms with E-state index in [0.717, 1.165) is 19.3 Å². The van der Waals surface area contributed by atoms with Crippen LogP contribution in [0.3, 0.4) is 0 Å². The van der Waals surface area contributed by atoms with Crippen molar-refractivity contribution in [2.45, 2.75) is 44.2 Å². The molecule has 2 atom stereocenters. The highest BCUT2D eigenvalue weighted by Gasteiger charge is 2.18. The van der Waals surface area contributed by atoms with E-state index in [1.54, 1.807) is 6.21 Å². The van der Waals surface area contributed by atoms with Gasteiger partial charge in [0.25, 0.3) is 0 Å². The van der Waals surface area contributed by atoms with E-state index >= 15 is 0 Å². The van der Waals surface area contributed by atoms with Crippen LogP contribution in [0.15, 0.2) is 4.99 Å². The predicted octanol–water partition coefficient (Wildman–Crippen LogP) is -0.0820. The van der Waals surface area contributed by atoms with E-state index in [-0.39, 0.29) is 11.9 Å². The van der Waals surface area contributed by atoms with Crippen LogP contribution in [0.25, 0.3) is 0 Å². The van der Waals surface area contributed by atoms with E-state index < -0.39 is 12.0 Å². The Labute approximate surface area is 100 Å². The van der Waals surface area contributed by atoms with Gasteiger partial charge in [-0.3, -0.25) is 14.6 Å². The molecule has 0 aliphatic carbocycles. The molecule has 6 nitrogen and oxygen atoms in total. The number of carboxylic acids is 1. The fourth-order valence-electron chi connectivity index (χ4n) is 1.65. The van der Waals surface area contributed by atoms with Crippen LogP contribution in [-0.2, 0) is 9.59 Å². The monoisotopic (exact) mass is 241 g/mol. The van der Waals surface area contributed by atoms with Crippen LogP contribution >= 0.6 is 0 Å². The Hall–Kier alpha value is -1.43. The molecule has 1 unspecified atom stereocenters. The van der Waals surface area contributed by atoms with Crippen molar-refractivity contribution in [1.29, 1.82) is 0 Å². The van der Waals surface area contributed by atoms with Crippen molar-refractivity contribution in [3.63, 3.8) is 0 Å².